The Kier molecular flexibility index (Phi) is 8.13. The van der Waals surface area contributed by atoms with Gasteiger partial charge in [-0.2, -0.15) is 0 Å². The van der Waals surface area contributed by atoms with Crippen molar-refractivity contribution < 1.29 is 23.7 Å². The lowest BCUT2D eigenvalue weighted by atomic mass is 9.88. The van der Waals surface area contributed by atoms with E-state index in [0.29, 0.717) is 18.8 Å². The van der Waals surface area contributed by atoms with E-state index in [-0.39, 0.29) is 12.6 Å². The molecule has 5 rings (SSSR count). The van der Waals surface area contributed by atoms with Gasteiger partial charge in [-0.25, -0.2) is 0 Å². The maximum Gasteiger partial charge on any atom is 0.159 e. The fourth-order valence-electron chi connectivity index (χ4n) is 4.87. The quantitative estimate of drug-likeness (QED) is 0.285. The van der Waals surface area contributed by atoms with Crippen LogP contribution in [0.5, 0.6) is 0 Å². The molecule has 2 aromatic carbocycles. The Labute approximate surface area is 220 Å². The van der Waals surface area contributed by atoms with Crippen molar-refractivity contribution in [3.05, 3.63) is 75.4 Å². The Balaban J connectivity index is 1.19. The summed E-state index contributed by atoms with van der Waals surface area (Å²) in [5.41, 5.74) is 4.18. The molecule has 3 atom stereocenters. The molecule has 2 aliphatic heterocycles. The van der Waals surface area contributed by atoms with Gasteiger partial charge in [0, 0.05) is 33.8 Å². The highest BCUT2D eigenvalue weighted by molar-refractivity contribution is 9.10. The molecule has 0 spiro atoms. The maximum atomic E-state index is 11.2. The van der Waals surface area contributed by atoms with Crippen LogP contribution in [-0.4, -0.2) is 30.5 Å². The Morgan fingerprint density at radius 1 is 1.06 bits per heavy atom. The van der Waals surface area contributed by atoms with Crippen molar-refractivity contribution in [1.82, 2.24) is 4.98 Å². The summed E-state index contributed by atoms with van der Waals surface area (Å²) in [4.78, 5) is 15.8. The average molecular weight is 554 g/mol. The van der Waals surface area contributed by atoms with Gasteiger partial charge in [-0.3, -0.25) is 9.78 Å². The van der Waals surface area contributed by atoms with E-state index in [4.69, 9.17) is 18.9 Å². The summed E-state index contributed by atoms with van der Waals surface area (Å²) in [6.07, 6.45) is 8.29. The van der Waals surface area contributed by atoms with Crippen LogP contribution in [-0.2, 0) is 37.8 Å². The molecule has 0 aliphatic carbocycles. The van der Waals surface area contributed by atoms with Crippen LogP contribution in [0.4, 0.5) is 0 Å². The summed E-state index contributed by atoms with van der Waals surface area (Å²) in [5.74, 6) is 0. The number of rotatable bonds is 8. The molecule has 0 bridgehead atoms. The number of aromatic nitrogens is 1. The number of hydrogen-bond acceptors (Lipinski definition) is 6. The average Bonchev–Trinajstić information content (AvgIpc) is 2.91. The van der Waals surface area contributed by atoms with Crippen LogP contribution < -0.4 is 0 Å². The highest BCUT2D eigenvalue weighted by Crippen LogP contribution is 2.38. The summed E-state index contributed by atoms with van der Waals surface area (Å²) in [5, 5.41) is 0.939. The number of pyridine rings is 1. The van der Waals surface area contributed by atoms with Crippen molar-refractivity contribution in [2.75, 3.05) is 6.61 Å². The van der Waals surface area contributed by atoms with Crippen molar-refractivity contribution in [1.29, 1.82) is 0 Å². The van der Waals surface area contributed by atoms with Crippen LogP contribution in [0.1, 0.15) is 72.5 Å². The highest BCUT2D eigenvalue weighted by Gasteiger charge is 2.35. The first-order chi connectivity index (χ1) is 17.5. The Morgan fingerprint density at radius 3 is 2.72 bits per heavy atom. The summed E-state index contributed by atoms with van der Waals surface area (Å²) in [6.45, 7) is 3.86. The second-order valence-corrected chi connectivity index (χ2v) is 10.7. The van der Waals surface area contributed by atoms with Crippen molar-refractivity contribution in [2.45, 2.75) is 76.8 Å². The predicted octanol–water partition coefficient (Wildman–Crippen LogP) is 6.81. The largest absolute Gasteiger partial charge is 0.353 e. The molecule has 190 valence electrons. The fourth-order valence-corrected chi connectivity index (χ4v) is 5.41. The monoisotopic (exact) mass is 553 g/mol. The first kappa shape index (κ1) is 25.5. The van der Waals surface area contributed by atoms with Crippen LogP contribution in [0, 0.1) is 0 Å². The standard InChI is InChI=1S/C29H32BrNO5/c1-29(24-15-23-13-20(17-32)8-10-26(23)31-16-24)11-4-6-28(36-29)34-18-21-7-9-22(25(30)14-21)19-35-27-5-2-3-12-33-27/h7-10,13-17,27-28H,2-6,11-12,18-19H2,1H3. The van der Waals surface area contributed by atoms with Gasteiger partial charge in [-0.15, -0.1) is 0 Å². The Hall–Kier alpha value is -2.16. The van der Waals surface area contributed by atoms with Gasteiger partial charge in [0.15, 0.2) is 12.6 Å². The lowest BCUT2D eigenvalue weighted by molar-refractivity contribution is -0.240. The molecule has 2 aliphatic rings. The number of aldehydes is 1. The first-order valence-electron chi connectivity index (χ1n) is 12.7. The molecule has 2 saturated heterocycles. The molecule has 1 aromatic heterocycles. The van der Waals surface area contributed by atoms with Gasteiger partial charge < -0.3 is 18.9 Å². The van der Waals surface area contributed by atoms with Gasteiger partial charge >= 0.3 is 0 Å². The maximum absolute atomic E-state index is 11.2. The molecular formula is C29H32BrNO5. The molecule has 0 radical (unpaired) electrons. The molecule has 0 amide bonds. The number of hydrogen-bond donors (Lipinski definition) is 0. The number of benzene rings is 2. The molecule has 7 heteroatoms. The van der Waals surface area contributed by atoms with Crippen LogP contribution >= 0.6 is 15.9 Å². The van der Waals surface area contributed by atoms with Crippen LogP contribution in [0.25, 0.3) is 10.9 Å². The molecular weight excluding hydrogens is 522 g/mol. The Morgan fingerprint density at radius 2 is 1.92 bits per heavy atom. The zero-order chi connectivity index (χ0) is 25.0. The SMILES string of the molecule is CC1(c2cnc3ccc(C=O)cc3c2)CCCC(OCc2ccc(COC3CCCCO3)c(Br)c2)O1. The van der Waals surface area contributed by atoms with Crippen molar-refractivity contribution in [3.63, 3.8) is 0 Å². The van der Waals surface area contributed by atoms with Gasteiger partial charge in [-0.1, -0.05) is 28.1 Å². The number of carbonyl (C=O) groups is 1. The van der Waals surface area contributed by atoms with E-state index in [0.717, 1.165) is 83.5 Å². The Bertz CT molecular complexity index is 1210. The summed E-state index contributed by atoms with van der Waals surface area (Å²) >= 11 is 3.68. The topological polar surface area (TPSA) is 66.9 Å². The van der Waals surface area contributed by atoms with Crippen molar-refractivity contribution >= 4 is 33.1 Å². The third kappa shape index (κ3) is 6.03. The second kappa shape index (κ2) is 11.5. The van der Waals surface area contributed by atoms with Gasteiger partial charge in [0.1, 0.15) is 6.29 Å². The fraction of sp³-hybridized carbons (Fsp3) is 0.448. The molecule has 3 aromatic rings. The third-order valence-electron chi connectivity index (χ3n) is 7.05. The zero-order valence-corrected chi connectivity index (χ0v) is 22.2. The van der Waals surface area contributed by atoms with E-state index in [2.05, 4.69) is 52.1 Å². The van der Waals surface area contributed by atoms with E-state index >= 15 is 0 Å². The van der Waals surface area contributed by atoms with Gasteiger partial charge in [0.25, 0.3) is 0 Å². The lowest BCUT2D eigenvalue weighted by Crippen LogP contribution is -2.37. The minimum absolute atomic E-state index is 0.101. The van der Waals surface area contributed by atoms with E-state index < -0.39 is 5.60 Å². The number of ether oxygens (including phenoxy) is 4. The minimum atomic E-state index is -0.496. The van der Waals surface area contributed by atoms with Crippen molar-refractivity contribution in [2.24, 2.45) is 0 Å². The van der Waals surface area contributed by atoms with Crippen LogP contribution in [0.3, 0.4) is 0 Å². The lowest BCUT2D eigenvalue weighted by Gasteiger charge is -2.38. The molecule has 3 unspecified atom stereocenters. The van der Waals surface area contributed by atoms with E-state index in [1.54, 1.807) is 6.07 Å². The summed E-state index contributed by atoms with van der Waals surface area (Å²) in [6, 6.07) is 13.8. The number of carbonyl (C=O) groups excluding carboxylic acids is 1. The zero-order valence-electron chi connectivity index (χ0n) is 20.6. The normalized spacial score (nSPS) is 24.6. The first-order valence-corrected chi connectivity index (χ1v) is 13.5. The van der Waals surface area contributed by atoms with E-state index in [1.807, 2.05) is 18.3 Å². The number of halogens is 1. The van der Waals surface area contributed by atoms with Crippen LogP contribution in [0.15, 0.2) is 53.1 Å². The molecule has 6 nitrogen and oxygen atoms in total. The summed E-state index contributed by atoms with van der Waals surface area (Å²) < 4.78 is 25.3. The minimum Gasteiger partial charge on any atom is -0.353 e. The van der Waals surface area contributed by atoms with E-state index in [1.165, 1.54) is 0 Å². The van der Waals surface area contributed by atoms with Gasteiger partial charge in [0.2, 0.25) is 0 Å². The number of nitrogens with zero attached hydrogens (tertiary/aromatic N) is 1. The molecule has 0 saturated carbocycles. The third-order valence-corrected chi connectivity index (χ3v) is 7.79. The number of fused-ring (bicyclic) bond motifs is 1. The van der Waals surface area contributed by atoms with E-state index in [9.17, 15) is 4.79 Å². The summed E-state index contributed by atoms with van der Waals surface area (Å²) in [7, 11) is 0. The second-order valence-electron chi connectivity index (χ2n) is 9.81. The molecule has 36 heavy (non-hydrogen) atoms. The molecule has 2 fully saturated rings. The smallest absolute Gasteiger partial charge is 0.159 e. The molecule has 3 heterocycles. The van der Waals surface area contributed by atoms with Gasteiger partial charge in [-0.05, 0) is 86.9 Å². The molecule has 0 N–H and O–H groups in total. The highest BCUT2D eigenvalue weighted by atomic mass is 79.9. The van der Waals surface area contributed by atoms with Crippen molar-refractivity contribution in [3.8, 4) is 0 Å². The van der Waals surface area contributed by atoms with Gasteiger partial charge in [0.05, 0.1) is 24.3 Å². The predicted molar refractivity (Wildman–Crippen MR) is 141 cm³/mol. The van der Waals surface area contributed by atoms with Crippen LogP contribution in [0.2, 0.25) is 0 Å².